The van der Waals surface area contributed by atoms with Crippen molar-refractivity contribution in [1.29, 1.82) is 0 Å². The number of likely N-dealkylation sites (tertiary alicyclic amines) is 1. The Morgan fingerprint density at radius 2 is 2.03 bits per heavy atom. The monoisotopic (exact) mass is 540 g/mol. The fraction of sp³-hybridized carbons (Fsp3) is 0.645. The molecular formula is C31H44N2O6. The number of aryl methyl sites for hydroxylation is 2. The van der Waals surface area contributed by atoms with Crippen molar-refractivity contribution < 1.29 is 23.8 Å². The second kappa shape index (κ2) is 13.5. The van der Waals surface area contributed by atoms with Crippen LogP contribution in [0.25, 0.3) is 11.0 Å². The Balaban J connectivity index is 1.15. The summed E-state index contributed by atoms with van der Waals surface area (Å²) in [5.74, 6) is 0.717. The SMILES string of the molecule is CCCCc1cc(=O)oc2c(C)c(OCC(=O)NCCCCCC(=O)N3CC[C@@]4(O)CCCC[C@H]4C3)ccc12. The number of unbranched alkanes of at least 4 members (excludes halogenated alkanes) is 3. The summed E-state index contributed by atoms with van der Waals surface area (Å²) in [5.41, 5.74) is 1.27. The summed E-state index contributed by atoms with van der Waals surface area (Å²) in [4.78, 5) is 39.0. The summed E-state index contributed by atoms with van der Waals surface area (Å²) in [5, 5.41) is 14.6. The molecule has 0 unspecified atom stereocenters. The van der Waals surface area contributed by atoms with Gasteiger partial charge in [0, 0.05) is 49.0 Å². The summed E-state index contributed by atoms with van der Waals surface area (Å²) in [6.07, 6.45) is 10.6. The van der Waals surface area contributed by atoms with Crippen molar-refractivity contribution in [3.8, 4) is 5.75 Å². The number of amides is 2. The number of hydrogen-bond acceptors (Lipinski definition) is 6. The number of piperidine rings is 1. The van der Waals surface area contributed by atoms with E-state index in [4.69, 9.17) is 9.15 Å². The zero-order chi connectivity index (χ0) is 27.8. The molecule has 2 heterocycles. The van der Waals surface area contributed by atoms with E-state index in [9.17, 15) is 19.5 Å². The molecule has 1 aromatic heterocycles. The number of nitrogens with one attached hydrogen (secondary N) is 1. The fourth-order valence-electron chi connectivity index (χ4n) is 6.09. The largest absolute Gasteiger partial charge is 0.483 e. The van der Waals surface area contributed by atoms with Crippen molar-refractivity contribution in [2.45, 2.75) is 96.5 Å². The number of hydrogen-bond donors (Lipinski definition) is 2. The molecule has 1 aliphatic carbocycles. The van der Waals surface area contributed by atoms with Gasteiger partial charge in [0.1, 0.15) is 11.3 Å². The van der Waals surface area contributed by atoms with Gasteiger partial charge in [-0.3, -0.25) is 9.59 Å². The molecule has 2 amide bonds. The van der Waals surface area contributed by atoms with Crippen molar-refractivity contribution in [1.82, 2.24) is 10.2 Å². The number of rotatable bonds is 12. The van der Waals surface area contributed by atoms with Gasteiger partial charge in [-0.15, -0.1) is 0 Å². The third kappa shape index (κ3) is 7.41. The highest BCUT2D eigenvalue weighted by molar-refractivity contribution is 5.85. The Morgan fingerprint density at radius 1 is 1.18 bits per heavy atom. The highest BCUT2D eigenvalue weighted by atomic mass is 16.5. The number of carbonyl (C=O) groups is 2. The Morgan fingerprint density at radius 3 is 2.85 bits per heavy atom. The molecule has 4 rings (SSSR count). The minimum Gasteiger partial charge on any atom is -0.483 e. The van der Waals surface area contributed by atoms with Crippen LogP contribution in [0.1, 0.15) is 88.7 Å². The van der Waals surface area contributed by atoms with E-state index >= 15 is 0 Å². The molecule has 2 N–H and O–H groups in total. The maximum Gasteiger partial charge on any atom is 0.336 e. The molecule has 1 saturated heterocycles. The minimum absolute atomic E-state index is 0.118. The smallest absolute Gasteiger partial charge is 0.336 e. The Bertz CT molecular complexity index is 1210. The number of carbonyl (C=O) groups excluding carboxylic acids is 2. The zero-order valence-corrected chi connectivity index (χ0v) is 23.6. The molecule has 8 nitrogen and oxygen atoms in total. The number of ether oxygens (including phenoxy) is 1. The van der Waals surface area contributed by atoms with Gasteiger partial charge in [0.25, 0.3) is 5.91 Å². The topological polar surface area (TPSA) is 109 Å². The molecule has 0 bridgehead atoms. The predicted octanol–water partition coefficient (Wildman–Crippen LogP) is 4.65. The van der Waals surface area contributed by atoms with Crippen molar-refractivity contribution >= 4 is 22.8 Å². The summed E-state index contributed by atoms with van der Waals surface area (Å²) in [7, 11) is 0. The van der Waals surface area contributed by atoms with Crippen molar-refractivity contribution in [2.24, 2.45) is 5.92 Å². The van der Waals surface area contributed by atoms with E-state index in [0.29, 0.717) is 49.4 Å². The van der Waals surface area contributed by atoms with Gasteiger partial charge in [-0.2, -0.15) is 0 Å². The van der Waals surface area contributed by atoms with Crippen LogP contribution in [0.3, 0.4) is 0 Å². The Labute approximate surface area is 231 Å². The maximum atomic E-state index is 12.7. The molecule has 2 fully saturated rings. The van der Waals surface area contributed by atoms with E-state index in [2.05, 4.69) is 12.2 Å². The second-order valence-electron chi connectivity index (χ2n) is 11.3. The van der Waals surface area contributed by atoms with Crippen LogP contribution in [-0.2, 0) is 16.0 Å². The third-order valence-electron chi connectivity index (χ3n) is 8.53. The standard InChI is InChI=1S/C31H44N2O6/c1-3-4-10-23-19-29(36)39-30-22(2)26(14-13-25(23)30)38-21-27(34)32-17-9-5-6-12-28(35)33-18-16-31(37)15-8-7-11-24(31)20-33/h13-14,19,24,37H,3-12,15-18,20-21H2,1-2H3,(H,32,34)/t24-,31-/m0/s1. The van der Waals surface area contributed by atoms with Gasteiger partial charge in [-0.25, -0.2) is 4.79 Å². The average Bonchev–Trinajstić information content (AvgIpc) is 2.92. The first-order chi connectivity index (χ1) is 18.8. The Kier molecular flexibility index (Phi) is 10.1. The van der Waals surface area contributed by atoms with Crippen LogP contribution in [0.5, 0.6) is 5.75 Å². The van der Waals surface area contributed by atoms with Crippen molar-refractivity contribution in [2.75, 3.05) is 26.2 Å². The molecule has 8 heteroatoms. The fourth-order valence-corrected chi connectivity index (χ4v) is 6.09. The van der Waals surface area contributed by atoms with E-state index in [1.807, 2.05) is 24.0 Å². The van der Waals surface area contributed by atoms with E-state index in [-0.39, 0.29) is 30.0 Å². The summed E-state index contributed by atoms with van der Waals surface area (Å²) >= 11 is 0. The number of aliphatic hydroxyl groups is 1. The van der Waals surface area contributed by atoms with E-state index < -0.39 is 5.60 Å². The van der Waals surface area contributed by atoms with E-state index in [1.54, 1.807) is 6.07 Å². The summed E-state index contributed by atoms with van der Waals surface area (Å²) in [6, 6.07) is 5.28. The number of nitrogens with zero attached hydrogens (tertiary/aromatic N) is 1. The van der Waals surface area contributed by atoms with Crippen molar-refractivity contribution in [3.05, 3.63) is 39.7 Å². The van der Waals surface area contributed by atoms with Crippen LogP contribution in [0.2, 0.25) is 0 Å². The number of fused-ring (bicyclic) bond motifs is 2. The van der Waals surface area contributed by atoms with E-state index in [0.717, 1.165) is 75.2 Å². The van der Waals surface area contributed by atoms with Crippen LogP contribution >= 0.6 is 0 Å². The first-order valence-corrected chi connectivity index (χ1v) is 14.8. The lowest BCUT2D eigenvalue weighted by Gasteiger charge is -2.47. The van der Waals surface area contributed by atoms with Crippen LogP contribution in [0.4, 0.5) is 0 Å². The highest BCUT2D eigenvalue weighted by Crippen LogP contribution is 2.40. The molecule has 0 radical (unpaired) electrons. The zero-order valence-electron chi connectivity index (χ0n) is 23.6. The lowest BCUT2D eigenvalue weighted by Crippen LogP contribution is -2.54. The average molecular weight is 541 g/mol. The van der Waals surface area contributed by atoms with Crippen LogP contribution < -0.4 is 15.7 Å². The molecule has 39 heavy (non-hydrogen) atoms. The molecular weight excluding hydrogens is 496 g/mol. The van der Waals surface area contributed by atoms with Crippen LogP contribution in [0.15, 0.2) is 27.4 Å². The minimum atomic E-state index is -0.558. The first kappa shape index (κ1) is 29.1. The van der Waals surface area contributed by atoms with Crippen LogP contribution in [0, 0.1) is 12.8 Å². The highest BCUT2D eigenvalue weighted by Gasteiger charge is 2.43. The lowest BCUT2D eigenvalue weighted by atomic mass is 9.71. The van der Waals surface area contributed by atoms with Gasteiger partial charge in [0.15, 0.2) is 6.61 Å². The maximum absolute atomic E-state index is 12.7. The second-order valence-corrected chi connectivity index (χ2v) is 11.3. The third-order valence-corrected chi connectivity index (χ3v) is 8.53. The molecule has 1 aromatic carbocycles. The normalized spacial score (nSPS) is 21.0. The molecule has 1 saturated carbocycles. The van der Waals surface area contributed by atoms with Gasteiger partial charge in [0.05, 0.1) is 5.60 Å². The molecule has 1 aliphatic heterocycles. The molecule has 2 aliphatic rings. The quantitative estimate of drug-likeness (QED) is 0.300. The summed E-state index contributed by atoms with van der Waals surface area (Å²) in [6.45, 7) is 5.71. The summed E-state index contributed by atoms with van der Waals surface area (Å²) < 4.78 is 11.2. The lowest BCUT2D eigenvalue weighted by molar-refractivity contribution is -0.143. The van der Waals surface area contributed by atoms with Gasteiger partial charge in [-0.1, -0.05) is 32.6 Å². The molecule has 2 aromatic rings. The Hall–Kier alpha value is -2.87. The van der Waals surface area contributed by atoms with E-state index in [1.165, 1.54) is 0 Å². The first-order valence-electron chi connectivity index (χ1n) is 14.8. The number of benzene rings is 1. The molecule has 2 atom stereocenters. The predicted molar refractivity (Wildman–Crippen MR) is 151 cm³/mol. The van der Waals surface area contributed by atoms with Gasteiger partial charge < -0.3 is 24.5 Å². The van der Waals surface area contributed by atoms with Gasteiger partial charge in [-0.05, 0) is 69.6 Å². The molecule has 214 valence electrons. The molecule has 0 spiro atoms. The van der Waals surface area contributed by atoms with Crippen LogP contribution in [-0.4, -0.2) is 53.7 Å². The van der Waals surface area contributed by atoms with Crippen molar-refractivity contribution in [3.63, 3.8) is 0 Å². The van der Waals surface area contributed by atoms with Gasteiger partial charge >= 0.3 is 5.63 Å². The van der Waals surface area contributed by atoms with Gasteiger partial charge in [0.2, 0.25) is 5.91 Å².